The van der Waals surface area contributed by atoms with Crippen LogP contribution in [0.1, 0.15) is 21.0 Å². The molecule has 1 aliphatic rings. The lowest BCUT2D eigenvalue weighted by Gasteiger charge is -2.34. The van der Waals surface area contributed by atoms with Gasteiger partial charge < -0.3 is 14.2 Å². The zero-order valence-electron chi connectivity index (χ0n) is 15.5. The molecule has 29 heavy (non-hydrogen) atoms. The Morgan fingerprint density at radius 3 is 2.34 bits per heavy atom. The lowest BCUT2D eigenvalue weighted by Crippen LogP contribution is -2.50. The van der Waals surface area contributed by atoms with Crippen LogP contribution in [0, 0.1) is 0 Å². The van der Waals surface area contributed by atoms with E-state index >= 15 is 0 Å². The van der Waals surface area contributed by atoms with Crippen LogP contribution in [0.2, 0.25) is 0 Å². The second-order valence-electron chi connectivity index (χ2n) is 6.83. The van der Waals surface area contributed by atoms with Gasteiger partial charge in [-0.3, -0.25) is 14.0 Å². The van der Waals surface area contributed by atoms with E-state index in [1.165, 1.54) is 17.6 Å². The van der Waals surface area contributed by atoms with E-state index in [-0.39, 0.29) is 11.8 Å². The summed E-state index contributed by atoms with van der Waals surface area (Å²) in [7, 11) is 0. The second kappa shape index (κ2) is 7.21. The summed E-state index contributed by atoms with van der Waals surface area (Å²) in [5.74, 6) is 0.150. The molecule has 0 saturated carbocycles. The van der Waals surface area contributed by atoms with Crippen LogP contribution in [0.4, 0.5) is 0 Å². The molecule has 0 radical (unpaired) electrons. The summed E-state index contributed by atoms with van der Waals surface area (Å²) in [6.07, 6.45) is 3.40. The van der Waals surface area contributed by atoms with Crippen LogP contribution in [0.3, 0.4) is 0 Å². The molecule has 0 unspecified atom stereocenters. The number of fused-ring (bicyclic) bond motifs is 1. The van der Waals surface area contributed by atoms with Gasteiger partial charge in [-0.1, -0.05) is 30.3 Å². The molecular formula is C21H18N4O3S. The molecule has 0 aliphatic carbocycles. The number of hydrogen-bond acceptors (Lipinski definition) is 5. The molecule has 0 spiro atoms. The van der Waals surface area contributed by atoms with E-state index < -0.39 is 0 Å². The van der Waals surface area contributed by atoms with Gasteiger partial charge in [-0.15, -0.1) is 11.3 Å². The van der Waals surface area contributed by atoms with E-state index in [9.17, 15) is 9.59 Å². The van der Waals surface area contributed by atoms with Crippen LogP contribution in [0.25, 0.3) is 16.2 Å². The summed E-state index contributed by atoms with van der Waals surface area (Å²) < 4.78 is 7.04. The first-order chi connectivity index (χ1) is 14.2. The predicted octanol–water partition coefficient (Wildman–Crippen LogP) is 3.25. The molecule has 1 aromatic carbocycles. The monoisotopic (exact) mass is 406 g/mol. The first kappa shape index (κ1) is 17.7. The largest absolute Gasteiger partial charge is 0.459 e. The van der Waals surface area contributed by atoms with E-state index in [0.29, 0.717) is 37.6 Å². The summed E-state index contributed by atoms with van der Waals surface area (Å²) in [4.78, 5) is 34.4. The molecule has 0 bridgehead atoms. The van der Waals surface area contributed by atoms with E-state index in [1.54, 1.807) is 21.9 Å². The van der Waals surface area contributed by atoms with Crippen molar-refractivity contribution in [2.45, 2.75) is 0 Å². The molecule has 0 N–H and O–H groups in total. The fourth-order valence-electron chi connectivity index (χ4n) is 3.52. The number of imidazole rings is 1. The molecule has 1 saturated heterocycles. The van der Waals surface area contributed by atoms with Crippen molar-refractivity contribution in [1.82, 2.24) is 19.2 Å². The van der Waals surface area contributed by atoms with Crippen LogP contribution in [-0.4, -0.2) is 57.2 Å². The van der Waals surface area contributed by atoms with Gasteiger partial charge >= 0.3 is 0 Å². The zero-order chi connectivity index (χ0) is 19.8. The van der Waals surface area contributed by atoms with E-state index in [1.807, 2.05) is 46.3 Å². The maximum Gasteiger partial charge on any atom is 0.289 e. The summed E-state index contributed by atoms with van der Waals surface area (Å²) >= 11 is 1.45. The SMILES string of the molecule is O=C(c1ccco1)N1CCN(C(=O)c2csc3nc(-c4ccccc4)cn23)CC1. The Morgan fingerprint density at radius 1 is 0.931 bits per heavy atom. The molecule has 4 heterocycles. The molecule has 146 valence electrons. The summed E-state index contributed by atoms with van der Waals surface area (Å²) in [6, 6.07) is 13.3. The Kier molecular flexibility index (Phi) is 4.40. The minimum atomic E-state index is -0.137. The minimum Gasteiger partial charge on any atom is -0.459 e. The molecule has 1 fully saturated rings. The van der Waals surface area contributed by atoms with Gasteiger partial charge in [0.2, 0.25) is 0 Å². The third-order valence-electron chi connectivity index (χ3n) is 5.08. The Balaban J connectivity index is 1.32. The predicted molar refractivity (Wildman–Crippen MR) is 109 cm³/mol. The highest BCUT2D eigenvalue weighted by Gasteiger charge is 2.28. The number of carbonyl (C=O) groups is 2. The summed E-state index contributed by atoms with van der Waals surface area (Å²) in [5, 5.41) is 1.85. The van der Waals surface area contributed by atoms with Crippen LogP contribution in [-0.2, 0) is 0 Å². The Morgan fingerprint density at radius 2 is 1.66 bits per heavy atom. The molecule has 3 aromatic heterocycles. The number of benzene rings is 1. The Hall–Kier alpha value is -3.39. The molecule has 4 aromatic rings. The third-order valence-corrected chi connectivity index (χ3v) is 5.92. The highest BCUT2D eigenvalue weighted by Crippen LogP contribution is 2.24. The number of amides is 2. The quantitative estimate of drug-likeness (QED) is 0.524. The van der Waals surface area contributed by atoms with Gasteiger partial charge in [-0.25, -0.2) is 4.98 Å². The summed E-state index contributed by atoms with van der Waals surface area (Å²) in [5.41, 5.74) is 2.47. The van der Waals surface area contributed by atoms with Crippen LogP contribution < -0.4 is 0 Å². The number of nitrogens with zero attached hydrogens (tertiary/aromatic N) is 4. The number of hydrogen-bond donors (Lipinski definition) is 0. The smallest absolute Gasteiger partial charge is 0.289 e. The van der Waals surface area contributed by atoms with Crippen molar-refractivity contribution in [3.05, 3.63) is 71.8 Å². The maximum absolute atomic E-state index is 13.1. The number of furan rings is 1. The van der Waals surface area contributed by atoms with Gasteiger partial charge in [-0.2, -0.15) is 0 Å². The molecule has 7 nitrogen and oxygen atoms in total. The number of piperazine rings is 1. The number of thiazole rings is 1. The van der Waals surface area contributed by atoms with Gasteiger partial charge in [0.25, 0.3) is 11.8 Å². The van der Waals surface area contributed by atoms with Crippen molar-refractivity contribution in [2.75, 3.05) is 26.2 Å². The van der Waals surface area contributed by atoms with Crippen LogP contribution >= 0.6 is 11.3 Å². The van der Waals surface area contributed by atoms with Crippen molar-refractivity contribution in [1.29, 1.82) is 0 Å². The first-order valence-electron chi connectivity index (χ1n) is 9.35. The van der Waals surface area contributed by atoms with Crippen LogP contribution in [0.15, 0.2) is 64.7 Å². The first-order valence-corrected chi connectivity index (χ1v) is 10.2. The van der Waals surface area contributed by atoms with Crippen molar-refractivity contribution in [3.8, 4) is 11.3 Å². The number of carbonyl (C=O) groups excluding carboxylic acids is 2. The van der Waals surface area contributed by atoms with Gasteiger partial charge in [-0.05, 0) is 12.1 Å². The van der Waals surface area contributed by atoms with Gasteiger partial charge in [0.05, 0.1) is 12.0 Å². The maximum atomic E-state index is 13.1. The highest BCUT2D eigenvalue weighted by atomic mass is 32.1. The van der Waals surface area contributed by atoms with Gasteiger partial charge in [0.1, 0.15) is 5.69 Å². The van der Waals surface area contributed by atoms with Crippen molar-refractivity contribution >= 4 is 28.1 Å². The molecule has 0 atom stereocenters. The van der Waals surface area contributed by atoms with E-state index in [0.717, 1.165) is 16.2 Å². The average molecular weight is 406 g/mol. The zero-order valence-corrected chi connectivity index (χ0v) is 16.3. The minimum absolute atomic E-state index is 0.0432. The van der Waals surface area contributed by atoms with Crippen LogP contribution in [0.5, 0.6) is 0 Å². The molecular weight excluding hydrogens is 388 g/mol. The van der Waals surface area contributed by atoms with E-state index in [2.05, 4.69) is 4.98 Å². The normalized spacial score (nSPS) is 14.5. The Bertz CT molecular complexity index is 1160. The number of rotatable bonds is 3. The number of aromatic nitrogens is 2. The standard InChI is InChI=1S/C21H18N4O3S/c26-19(23-8-10-24(11-9-23)20(27)18-7-4-12-28-18)17-14-29-21-22-16(13-25(17)21)15-5-2-1-3-6-15/h1-7,12-14H,8-11H2. The van der Waals surface area contributed by atoms with Crippen molar-refractivity contribution < 1.29 is 14.0 Å². The summed E-state index contributed by atoms with van der Waals surface area (Å²) in [6.45, 7) is 1.95. The van der Waals surface area contributed by atoms with E-state index in [4.69, 9.17) is 4.42 Å². The highest BCUT2D eigenvalue weighted by molar-refractivity contribution is 7.15. The third kappa shape index (κ3) is 3.21. The Labute approximate surface area is 170 Å². The van der Waals surface area contributed by atoms with Gasteiger partial charge in [0.15, 0.2) is 10.7 Å². The molecule has 1 aliphatic heterocycles. The average Bonchev–Trinajstić information content (AvgIpc) is 3.51. The fourth-order valence-corrected chi connectivity index (χ4v) is 4.36. The van der Waals surface area contributed by atoms with Crippen molar-refractivity contribution in [3.63, 3.8) is 0 Å². The lowest BCUT2D eigenvalue weighted by molar-refractivity contribution is 0.0515. The lowest BCUT2D eigenvalue weighted by atomic mass is 10.2. The second-order valence-corrected chi connectivity index (χ2v) is 7.66. The van der Waals surface area contributed by atoms with Gasteiger partial charge in [0, 0.05) is 43.3 Å². The topological polar surface area (TPSA) is 71.1 Å². The molecule has 2 amide bonds. The van der Waals surface area contributed by atoms with Crippen molar-refractivity contribution in [2.24, 2.45) is 0 Å². The fraction of sp³-hybridized carbons (Fsp3) is 0.190. The molecule has 5 rings (SSSR count). The molecule has 8 heteroatoms.